The van der Waals surface area contributed by atoms with E-state index in [-0.39, 0.29) is 17.7 Å². The number of phenolic OH excluding ortho intramolecular Hbond substituents is 1. The van der Waals surface area contributed by atoms with Gasteiger partial charge in [0.25, 0.3) is 5.91 Å². The van der Waals surface area contributed by atoms with Gasteiger partial charge < -0.3 is 10.0 Å². The highest BCUT2D eigenvalue weighted by Gasteiger charge is 2.42. The van der Waals surface area contributed by atoms with Crippen LogP contribution in [0.1, 0.15) is 33.2 Å². The summed E-state index contributed by atoms with van der Waals surface area (Å²) in [7, 11) is 0. The Kier molecular flexibility index (Phi) is 4.59. The highest BCUT2D eigenvalue weighted by molar-refractivity contribution is 9.10. The maximum atomic E-state index is 13.3. The first-order valence-electron chi connectivity index (χ1n) is 9.45. The zero-order chi connectivity index (χ0) is 20.7. The van der Waals surface area contributed by atoms with Crippen molar-refractivity contribution in [3.63, 3.8) is 0 Å². The number of nitrogens with one attached hydrogen (secondary N) is 1. The number of aromatic hydroxyl groups is 1. The van der Waals surface area contributed by atoms with Crippen molar-refractivity contribution in [2.24, 2.45) is 0 Å². The molecule has 30 heavy (non-hydrogen) atoms. The fourth-order valence-corrected chi connectivity index (χ4v) is 4.18. The number of hydrogen-bond acceptors (Lipinski definition) is 4. The number of aromatic amines is 1. The van der Waals surface area contributed by atoms with E-state index >= 15 is 0 Å². The molecule has 2 aromatic carbocycles. The Morgan fingerprint density at radius 2 is 1.87 bits per heavy atom. The highest BCUT2D eigenvalue weighted by atomic mass is 79.9. The third kappa shape index (κ3) is 3.07. The monoisotopic (exact) mass is 460 g/mol. The summed E-state index contributed by atoms with van der Waals surface area (Å²) in [4.78, 5) is 19.3. The number of hydrogen-bond donors (Lipinski definition) is 2. The average Bonchev–Trinajstić information content (AvgIpc) is 3.30. The number of phenols is 1. The maximum absolute atomic E-state index is 13.3. The molecule has 7 heteroatoms. The zero-order valence-electron chi connectivity index (χ0n) is 15.8. The second-order valence-electron chi connectivity index (χ2n) is 7.13. The molecular weight excluding hydrogens is 444 g/mol. The van der Waals surface area contributed by atoms with E-state index in [9.17, 15) is 9.90 Å². The maximum Gasteiger partial charge on any atom is 0.273 e. The molecule has 0 radical (unpaired) electrons. The van der Waals surface area contributed by atoms with Crippen LogP contribution in [-0.2, 0) is 6.54 Å². The van der Waals surface area contributed by atoms with Gasteiger partial charge >= 0.3 is 0 Å². The number of pyridine rings is 1. The molecule has 148 valence electrons. The number of amides is 1. The minimum absolute atomic E-state index is 0.125. The third-order valence-electron chi connectivity index (χ3n) is 5.28. The van der Waals surface area contributed by atoms with Crippen LogP contribution in [0.15, 0.2) is 77.5 Å². The first kappa shape index (κ1) is 18.6. The Bertz CT molecular complexity index is 1220. The number of carbonyl (C=O) groups is 1. The molecule has 2 aromatic heterocycles. The fourth-order valence-electron chi connectivity index (χ4n) is 3.92. The molecule has 1 amide bonds. The van der Waals surface area contributed by atoms with Crippen molar-refractivity contribution in [3.8, 4) is 17.0 Å². The van der Waals surface area contributed by atoms with Gasteiger partial charge in [0, 0.05) is 34.5 Å². The third-order valence-corrected chi connectivity index (χ3v) is 5.81. The summed E-state index contributed by atoms with van der Waals surface area (Å²) >= 11 is 3.48. The van der Waals surface area contributed by atoms with Crippen LogP contribution in [-0.4, -0.2) is 31.1 Å². The van der Waals surface area contributed by atoms with Crippen LogP contribution in [0, 0.1) is 0 Å². The summed E-state index contributed by atoms with van der Waals surface area (Å²) in [5, 5.41) is 17.7. The molecule has 3 heterocycles. The van der Waals surface area contributed by atoms with E-state index in [1.54, 1.807) is 30.6 Å². The van der Waals surface area contributed by atoms with Gasteiger partial charge in [-0.25, -0.2) is 0 Å². The lowest BCUT2D eigenvalue weighted by atomic mass is 9.95. The average molecular weight is 461 g/mol. The van der Waals surface area contributed by atoms with Gasteiger partial charge in [-0.15, -0.1) is 0 Å². The van der Waals surface area contributed by atoms with Gasteiger partial charge in [0.1, 0.15) is 17.1 Å². The molecule has 2 N–H and O–H groups in total. The number of aromatic nitrogens is 3. The van der Waals surface area contributed by atoms with E-state index in [1.807, 2.05) is 47.4 Å². The summed E-state index contributed by atoms with van der Waals surface area (Å²) in [5.74, 6) is -0.00421. The van der Waals surface area contributed by atoms with E-state index < -0.39 is 0 Å². The van der Waals surface area contributed by atoms with Crippen molar-refractivity contribution in [2.45, 2.75) is 12.6 Å². The topological polar surface area (TPSA) is 82.1 Å². The Morgan fingerprint density at radius 1 is 1.07 bits per heavy atom. The van der Waals surface area contributed by atoms with E-state index in [1.165, 1.54) is 0 Å². The Hall–Kier alpha value is -3.45. The van der Waals surface area contributed by atoms with Gasteiger partial charge in [0.05, 0.1) is 6.04 Å². The van der Waals surface area contributed by atoms with Gasteiger partial charge in [-0.1, -0.05) is 46.3 Å². The molecule has 0 saturated carbocycles. The number of halogens is 1. The molecule has 1 aliphatic rings. The van der Waals surface area contributed by atoms with Crippen LogP contribution in [0.2, 0.25) is 0 Å². The van der Waals surface area contributed by atoms with Crippen molar-refractivity contribution in [1.29, 1.82) is 0 Å². The molecule has 0 spiro atoms. The number of carbonyl (C=O) groups excluding carboxylic acids is 1. The quantitative estimate of drug-likeness (QED) is 0.462. The first-order valence-corrected chi connectivity index (χ1v) is 10.2. The summed E-state index contributed by atoms with van der Waals surface area (Å²) in [6.45, 7) is 0.413. The summed E-state index contributed by atoms with van der Waals surface area (Å²) < 4.78 is 0.961. The van der Waals surface area contributed by atoms with Crippen molar-refractivity contribution >= 4 is 21.8 Å². The number of rotatable bonds is 4. The molecule has 0 unspecified atom stereocenters. The summed E-state index contributed by atoms with van der Waals surface area (Å²) in [6, 6.07) is 18.4. The molecule has 5 rings (SSSR count). The van der Waals surface area contributed by atoms with Crippen molar-refractivity contribution in [2.75, 3.05) is 0 Å². The van der Waals surface area contributed by atoms with Crippen LogP contribution in [0.4, 0.5) is 0 Å². The van der Waals surface area contributed by atoms with Crippen LogP contribution in [0.5, 0.6) is 5.75 Å². The number of nitrogens with zero attached hydrogens (tertiary/aromatic N) is 3. The standard InChI is InChI=1S/C23H17BrN4O2/c24-16-9-7-15(8-10-16)22-19-20(17-5-1-2-6-18(17)29)26-27-21(19)23(30)28(22)13-14-4-3-11-25-12-14/h1-12,22,29H,13H2,(H,26,27)/t22-/m1/s1. The molecule has 1 aliphatic heterocycles. The second-order valence-corrected chi connectivity index (χ2v) is 8.04. The Balaban J connectivity index is 1.67. The molecule has 6 nitrogen and oxygen atoms in total. The summed E-state index contributed by atoms with van der Waals surface area (Å²) in [6.07, 6.45) is 3.48. The molecule has 0 fully saturated rings. The SMILES string of the molecule is O=C1c2[nH]nc(-c3ccccc3O)c2[C@@H](c2ccc(Br)cc2)N1Cc1cccnc1. The van der Waals surface area contributed by atoms with E-state index in [0.717, 1.165) is 21.2 Å². The van der Waals surface area contributed by atoms with Gasteiger partial charge in [-0.3, -0.25) is 14.9 Å². The van der Waals surface area contributed by atoms with E-state index in [0.29, 0.717) is 23.5 Å². The predicted octanol–water partition coefficient (Wildman–Crippen LogP) is 4.69. The van der Waals surface area contributed by atoms with Crippen LogP contribution in [0.3, 0.4) is 0 Å². The van der Waals surface area contributed by atoms with Gasteiger partial charge in [0.2, 0.25) is 0 Å². The minimum atomic E-state index is -0.339. The fraction of sp³-hybridized carbons (Fsp3) is 0.0870. The van der Waals surface area contributed by atoms with E-state index in [2.05, 4.69) is 31.1 Å². The van der Waals surface area contributed by atoms with E-state index in [4.69, 9.17) is 0 Å². The van der Waals surface area contributed by atoms with Crippen molar-refractivity contribution < 1.29 is 9.90 Å². The highest BCUT2D eigenvalue weighted by Crippen LogP contribution is 2.45. The zero-order valence-corrected chi connectivity index (χ0v) is 17.4. The lowest BCUT2D eigenvalue weighted by molar-refractivity contribution is 0.0730. The number of para-hydroxylation sites is 1. The van der Waals surface area contributed by atoms with Crippen molar-refractivity contribution in [3.05, 3.63) is 99.9 Å². The number of H-pyrrole nitrogens is 1. The molecular formula is C23H17BrN4O2. The van der Waals surface area contributed by atoms with Gasteiger partial charge in [0.15, 0.2) is 0 Å². The normalized spacial score (nSPS) is 15.4. The van der Waals surface area contributed by atoms with Crippen molar-refractivity contribution in [1.82, 2.24) is 20.1 Å². The molecule has 4 aromatic rings. The lowest BCUT2D eigenvalue weighted by Gasteiger charge is -2.26. The molecule has 0 bridgehead atoms. The lowest BCUT2D eigenvalue weighted by Crippen LogP contribution is -2.29. The van der Waals surface area contributed by atoms with Gasteiger partial charge in [-0.2, -0.15) is 5.10 Å². The predicted molar refractivity (Wildman–Crippen MR) is 116 cm³/mol. The summed E-state index contributed by atoms with van der Waals surface area (Å²) in [5.41, 5.74) is 4.30. The van der Waals surface area contributed by atoms with Crippen LogP contribution >= 0.6 is 15.9 Å². The van der Waals surface area contributed by atoms with Crippen LogP contribution in [0.25, 0.3) is 11.3 Å². The van der Waals surface area contributed by atoms with Gasteiger partial charge in [-0.05, 0) is 41.5 Å². The molecule has 1 atom stereocenters. The molecule has 0 aliphatic carbocycles. The molecule has 0 saturated heterocycles. The second kappa shape index (κ2) is 7.42. The first-order chi connectivity index (χ1) is 14.6. The number of fused-ring (bicyclic) bond motifs is 1. The smallest absolute Gasteiger partial charge is 0.273 e. The largest absolute Gasteiger partial charge is 0.507 e. The Morgan fingerprint density at radius 3 is 2.60 bits per heavy atom. The number of benzene rings is 2. The Labute approximate surface area is 181 Å². The van der Waals surface area contributed by atoms with Crippen LogP contribution < -0.4 is 0 Å². The minimum Gasteiger partial charge on any atom is -0.507 e.